The molecule has 0 aliphatic heterocycles. The molecule has 0 radical (unpaired) electrons. The summed E-state index contributed by atoms with van der Waals surface area (Å²) >= 11 is 0. The lowest BCUT2D eigenvalue weighted by Crippen LogP contribution is -2.38. The first-order valence-electron chi connectivity index (χ1n) is 8.41. The summed E-state index contributed by atoms with van der Waals surface area (Å²) in [4.78, 5) is 24.8. The molecule has 2 bridgehead atoms. The van der Waals surface area contributed by atoms with Gasteiger partial charge >= 0.3 is 11.9 Å². The Morgan fingerprint density at radius 2 is 1.59 bits per heavy atom. The van der Waals surface area contributed by atoms with E-state index in [1.807, 2.05) is 0 Å². The van der Waals surface area contributed by atoms with E-state index >= 15 is 0 Å². The van der Waals surface area contributed by atoms with Crippen molar-refractivity contribution in [2.45, 2.75) is 57.5 Å². The number of ether oxygens (including phenoxy) is 2. The Kier molecular flexibility index (Phi) is 4.74. The van der Waals surface area contributed by atoms with Crippen LogP contribution in [-0.2, 0) is 19.1 Å². The lowest BCUT2D eigenvalue weighted by atomic mass is 9.79. The van der Waals surface area contributed by atoms with Gasteiger partial charge < -0.3 is 9.47 Å². The Labute approximate surface area is 130 Å². The van der Waals surface area contributed by atoms with Crippen molar-refractivity contribution in [3.8, 4) is 0 Å². The maximum atomic E-state index is 12.6. The minimum Gasteiger partial charge on any atom is -0.462 e. The van der Waals surface area contributed by atoms with Crippen molar-refractivity contribution in [2.24, 2.45) is 28.8 Å². The van der Waals surface area contributed by atoms with Crippen LogP contribution >= 0.6 is 0 Å². The smallest absolute Gasteiger partial charge is 0.311 e. The fraction of sp³-hybridized carbons (Fsp3) is 0.875. The van der Waals surface area contributed by atoms with Gasteiger partial charge in [-0.25, -0.2) is 5.53 Å². The molecule has 4 atom stereocenters. The standard InChI is InChI=1S/C16H24N2O4/c17-18-9-21-15(19)13-10-6-7-11(8-10)14(13)16(20)22-12-4-2-1-3-5-12/h10-14,17H,1-9H2. The van der Waals surface area contributed by atoms with Crippen LogP contribution in [0.25, 0.3) is 0 Å². The lowest BCUT2D eigenvalue weighted by Gasteiger charge is -2.30. The molecule has 4 unspecified atom stereocenters. The highest BCUT2D eigenvalue weighted by molar-refractivity contribution is 5.83. The second-order valence-corrected chi connectivity index (χ2v) is 6.83. The van der Waals surface area contributed by atoms with Gasteiger partial charge in [-0.1, -0.05) is 6.42 Å². The van der Waals surface area contributed by atoms with Crippen molar-refractivity contribution in [3.63, 3.8) is 0 Å². The van der Waals surface area contributed by atoms with Crippen molar-refractivity contribution in [1.29, 1.82) is 5.53 Å². The first-order valence-corrected chi connectivity index (χ1v) is 8.41. The zero-order chi connectivity index (χ0) is 15.5. The number of hydrogen-bond acceptors (Lipinski definition) is 6. The summed E-state index contributed by atoms with van der Waals surface area (Å²) in [7, 11) is 0. The largest absolute Gasteiger partial charge is 0.462 e. The van der Waals surface area contributed by atoms with Crippen molar-refractivity contribution >= 4 is 11.9 Å². The molecule has 0 heterocycles. The topological polar surface area (TPSA) is 88.8 Å². The lowest BCUT2D eigenvalue weighted by molar-refractivity contribution is -0.167. The number of fused-ring (bicyclic) bond motifs is 2. The molecule has 1 N–H and O–H groups in total. The number of hydrogen-bond donors (Lipinski definition) is 1. The summed E-state index contributed by atoms with van der Waals surface area (Å²) in [5.74, 6) is -0.841. The quantitative estimate of drug-likeness (QED) is 0.624. The van der Waals surface area contributed by atoms with Gasteiger partial charge in [0, 0.05) is 0 Å². The van der Waals surface area contributed by atoms with E-state index in [0.717, 1.165) is 44.9 Å². The molecule has 0 amide bonds. The van der Waals surface area contributed by atoms with Crippen LogP contribution in [0.4, 0.5) is 0 Å². The molecule has 3 saturated carbocycles. The summed E-state index contributed by atoms with van der Waals surface area (Å²) in [6.07, 6.45) is 8.27. The zero-order valence-electron chi connectivity index (χ0n) is 12.8. The molecule has 0 aromatic carbocycles. The highest BCUT2D eigenvalue weighted by atomic mass is 16.6. The molecule has 122 valence electrons. The molecule has 3 fully saturated rings. The van der Waals surface area contributed by atoms with Crippen LogP contribution in [0.2, 0.25) is 0 Å². The zero-order valence-corrected chi connectivity index (χ0v) is 12.8. The Morgan fingerprint density at radius 3 is 2.23 bits per heavy atom. The maximum absolute atomic E-state index is 12.6. The molecule has 0 saturated heterocycles. The van der Waals surface area contributed by atoms with Gasteiger partial charge in [-0.3, -0.25) is 9.59 Å². The van der Waals surface area contributed by atoms with Crippen molar-refractivity contribution in [3.05, 3.63) is 0 Å². The van der Waals surface area contributed by atoms with Gasteiger partial charge in [0.1, 0.15) is 6.10 Å². The van der Waals surface area contributed by atoms with E-state index in [4.69, 9.17) is 15.0 Å². The highest BCUT2D eigenvalue weighted by Gasteiger charge is 2.55. The van der Waals surface area contributed by atoms with Crippen molar-refractivity contribution in [1.82, 2.24) is 0 Å². The predicted octanol–water partition coefficient (Wildman–Crippen LogP) is 3.06. The van der Waals surface area contributed by atoms with Crippen LogP contribution in [-0.4, -0.2) is 24.8 Å². The number of carbonyl (C=O) groups is 2. The van der Waals surface area contributed by atoms with E-state index in [0.29, 0.717) is 0 Å². The Morgan fingerprint density at radius 1 is 0.955 bits per heavy atom. The Bertz CT molecular complexity index is 447. The normalized spacial score (nSPS) is 34.4. The van der Waals surface area contributed by atoms with Crippen molar-refractivity contribution in [2.75, 3.05) is 6.73 Å². The van der Waals surface area contributed by atoms with Gasteiger partial charge in [0.25, 0.3) is 0 Å². The van der Waals surface area contributed by atoms with Crippen LogP contribution in [0.3, 0.4) is 0 Å². The van der Waals surface area contributed by atoms with E-state index in [2.05, 4.69) is 5.11 Å². The third-order valence-corrected chi connectivity index (χ3v) is 5.57. The second kappa shape index (κ2) is 6.75. The average molecular weight is 308 g/mol. The summed E-state index contributed by atoms with van der Waals surface area (Å²) in [6.45, 7) is -0.253. The molecule has 3 aliphatic carbocycles. The van der Waals surface area contributed by atoms with E-state index in [-0.39, 0.29) is 42.5 Å². The van der Waals surface area contributed by atoms with Crippen LogP contribution in [0.15, 0.2) is 5.11 Å². The Hall–Kier alpha value is -1.46. The van der Waals surface area contributed by atoms with Gasteiger partial charge in [0.05, 0.1) is 11.8 Å². The van der Waals surface area contributed by atoms with Gasteiger partial charge in [-0.05, 0) is 56.8 Å². The number of nitrogens with zero attached hydrogens (tertiary/aromatic N) is 1. The van der Waals surface area contributed by atoms with E-state index in [9.17, 15) is 9.59 Å². The van der Waals surface area contributed by atoms with Gasteiger partial charge in [0.2, 0.25) is 6.73 Å². The molecular weight excluding hydrogens is 284 g/mol. The van der Waals surface area contributed by atoms with E-state index in [1.54, 1.807) is 0 Å². The van der Waals surface area contributed by atoms with Crippen LogP contribution in [0.5, 0.6) is 0 Å². The molecule has 6 heteroatoms. The third-order valence-electron chi connectivity index (χ3n) is 5.57. The summed E-state index contributed by atoms with van der Waals surface area (Å²) in [5.41, 5.74) is 6.73. The van der Waals surface area contributed by atoms with Crippen LogP contribution < -0.4 is 0 Å². The number of nitrogens with one attached hydrogen (secondary N) is 1. The molecule has 0 spiro atoms. The molecular formula is C16H24N2O4. The monoisotopic (exact) mass is 308 g/mol. The van der Waals surface area contributed by atoms with E-state index in [1.165, 1.54) is 6.42 Å². The fourth-order valence-electron chi connectivity index (χ4n) is 4.59. The third kappa shape index (κ3) is 3.01. The van der Waals surface area contributed by atoms with Gasteiger partial charge in [-0.2, -0.15) is 5.11 Å². The van der Waals surface area contributed by atoms with Gasteiger partial charge in [-0.15, -0.1) is 0 Å². The second-order valence-electron chi connectivity index (χ2n) is 6.83. The van der Waals surface area contributed by atoms with Crippen molar-refractivity contribution < 1.29 is 19.1 Å². The highest BCUT2D eigenvalue weighted by Crippen LogP contribution is 2.53. The maximum Gasteiger partial charge on any atom is 0.311 e. The summed E-state index contributed by atoms with van der Waals surface area (Å²) in [6, 6.07) is 0. The first kappa shape index (κ1) is 15.4. The molecule has 3 aliphatic rings. The number of rotatable bonds is 5. The molecule has 0 aromatic rings. The Balaban J connectivity index is 1.65. The van der Waals surface area contributed by atoms with Crippen LogP contribution in [0.1, 0.15) is 51.4 Å². The average Bonchev–Trinajstić information content (AvgIpc) is 3.14. The number of carbonyl (C=O) groups excluding carboxylic acids is 2. The molecule has 6 nitrogen and oxygen atoms in total. The first-order chi connectivity index (χ1) is 10.7. The van der Waals surface area contributed by atoms with Crippen LogP contribution in [0, 0.1) is 29.2 Å². The van der Waals surface area contributed by atoms with Gasteiger partial charge in [0.15, 0.2) is 0 Å². The predicted molar refractivity (Wildman–Crippen MR) is 76.9 cm³/mol. The summed E-state index contributed by atoms with van der Waals surface area (Å²) in [5, 5.41) is 3.06. The van der Waals surface area contributed by atoms with E-state index < -0.39 is 5.92 Å². The minimum atomic E-state index is -0.392. The molecule has 0 aromatic heterocycles. The fourth-order valence-corrected chi connectivity index (χ4v) is 4.59. The minimum absolute atomic E-state index is 0.0280. The number of esters is 2. The SMILES string of the molecule is N=NCOC(=O)C1C2CCC(C2)C1C(=O)OC1CCCCC1. The summed E-state index contributed by atoms with van der Waals surface area (Å²) < 4.78 is 10.7. The molecule has 3 rings (SSSR count). The molecule has 22 heavy (non-hydrogen) atoms.